The van der Waals surface area contributed by atoms with Gasteiger partial charge in [-0.05, 0) is 43.9 Å². The number of anilines is 1. The van der Waals surface area contributed by atoms with Crippen LogP contribution < -0.4 is 15.4 Å². The Kier molecular flexibility index (Phi) is 5.03. The minimum atomic E-state index is -0.271. The third-order valence-electron chi connectivity index (χ3n) is 3.81. The second kappa shape index (κ2) is 7.58. The Morgan fingerprint density at radius 3 is 2.74 bits per heavy atom. The van der Waals surface area contributed by atoms with Crippen molar-refractivity contribution >= 4 is 11.7 Å². The molecule has 0 atom stereocenters. The predicted molar refractivity (Wildman–Crippen MR) is 87.2 cm³/mol. The number of nitrogens with zero attached hydrogens (tertiary/aromatic N) is 2. The first-order valence-corrected chi connectivity index (χ1v) is 7.87. The van der Waals surface area contributed by atoms with Crippen LogP contribution in [0.1, 0.15) is 31.2 Å². The third kappa shape index (κ3) is 4.42. The average Bonchev–Trinajstić information content (AvgIpc) is 3.08. The zero-order valence-electron chi connectivity index (χ0n) is 12.9. The lowest BCUT2D eigenvalue weighted by Crippen LogP contribution is -2.28. The fraction of sp³-hybridized carbons (Fsp3) is 0.353. The molecule has 2 aromatic rings. The molecule has 0 bridgehead atoms. The summed E-state index contributed by atoms with van der Waals surface area (Å²) in [7, 11) is 0. The lowest BCUT2D eigenvalue weighted by molar-refractivity contribution is 0.199. The van der Waals surface area contributed by atoms with Gasteiger partial charge in [-0.1, -0.05) is 6.07 Å². The molecule has 0 aliphatic heterocycles. The van der Waals surface area contributed by atoms with Crippen LogP contribution in [0.25, 0.3) is 0 Å². The molecule has 0 spiro atoms. The van der Waals surface area contributed by atoms with Crippen LogP contribution in [0.5, 0.6) is 5.88 Å². The molecule has 6 heteroatoms. The van der Waals surface area contributed by atoms with E-state index in [0.717, 1.165) is 18.4 Å². The van der Waals surface area contributed by atoms with Crippen molar-refractivity contribution in [2.75, 3.05) is 5.32 Å². The van der Waals surface area contributed by atoms with Gasteiger partial charge in [0.2, 0.25) is 5.88 Å². The van der Waals surface area contributed by atoms with Crippen LogP contribution in [-0.4, -0.2) is 22.1 Å². The highest BCUT2D eigenvalue weighted by atomic mass is 16.5. The zero-order valence-corrected chi connectivity index (χ0v) is 12.9. The second-order valence-electron chi connectivity index (χ2n) is 5.54. The van der Waals surface area contributed by atoms with Crippen LogP contribution in [0.2, 0.25) is 0 Å². The summed E-state index contributed by atoms with van der Waals surface area (Å²) in [6, 6.07) is 6.96. The van der Waals surface area contributed by atoms with Crippen molar-refractivity contribution in [3.05, 3.63) is 48.4 Å². The third-order valence-corrected chi connectivity index (χ3v) is 3.81. The highest BCUT2D eigenvalue weighted by Gasteiger charge is 2.18. The van der Waals surface area contributed by atoms with E-state index in [4.69, 9.17) is 4.74 Å². The average molecular weight is 312 g/mol. The number of hydrogen-bond donors (Lipinski definition) is 2. The van der Waals surface area contributed by atoms with Crippen LogP contribution in [0.3, 0.4) is 0 Å². The summed E-state index contributed by atoms with van der Waals surface area (Å²) < 4.78 is 5.97. The van der Waals surface area contributed by atoms with Gasteiger partial charge in [0, 0.05) is 36.4 Å². The Labute approximate surface area is 135 Å². The Hall–Kier alpha value is -2.63. The van der Waals surface area contributed by atoms with Crippen molar-refractivity contribution < 1.29 is 9.53 Å². The number of amides is 2. The molecule has 1 aliphatic carbocycles. The number of aromatic nitrogens is 2. The number of carbonyl (C=O) groups is 1. The van der Waals surface area contributed by atoms with E-state index in [2.05, 4.69) is 20.6 Å². The van der Waals surface area contributed by atoms with Gasteiger partial charge in [0.1, 0.15) is 6.10 Å². The van der Waals surface area contributed by atoms with E-state index in [9.17, 15) is 4.79 Å². The maximum atomic E-state index is 11.9. The molecular weight excluding hydrogens is 292 g/mol. The topological polar surface area (TPSA) is 76.1 Å². The molecule has 0 unspecified atom stereocenters. The molecule has 120 valence electrons. The summed E-state index contributed by atoms with van der Waals surface area (Å²) in [5.41, 5.74) is 1.58. The summed E-state index contributed by atoms with van der Waals surface area (Å²) in [6.07, 6.45) is 9.78. The number of pyridine rings is 2. The first-order valence-electron chi connectivity index (χ1n) is 7.87. The molecule has 2 amide bonds. The highest BCUT2D eigenvalue weighted by Crippen LogP contribution is 2.24. The molecule has 0 radical (unpaired) electrons. The minimum Gasteiger partial charge on any atom is -0.474 e. The molecule has 1 saturated carbocycles. The van der Waals surface area contributed by atoms with E-state index >= 15 is 0 Å². The number of carbonyl (C=O) groups excluding carboxylic acids is 1. The van der Waals surface area contributed by atoms with Crippen molar-refractivity contribution in [2.24, 2.45) is 0 Å². The molecule has 2 heterocycles. The first-order chi connectivity index (χ1) is 11.3. The van der Waals surface area contributed by atoms with Gasteiger partial charge in [-0.15, -0.1) is 0 Å². The summed E-state index contributed by atoms with van der Waals surface area (Å²) in [5.74, 6) is 0.614. The van der Waals surface area contributed by atoms with Crippen LogP contribution in [-0.2, 0) is 6.54 Å². The fourth-order valence-electron chi connectivity index (χ4n) is 2.61. The van der Waals surface area contributed by atoms with E-state index < -0.39 is 0 Å². The Morgan fingerprint density at radius 2 is 1.96 bits per heavy atom. The standard InChI is InChI=1S/C17H20N4O2/c22-17(21-14-7-10-18-11-8-14)20-12-13-4-3-9-19-16(13)23-15-5-1-2-6-15/h3-4,7-11,15H,1-2,5-6,12H2,(H2,18,20,21,22). The summed E-state index contributed by atoms with van der Waals surface area (Å²) in [4.78, 5) is 20.1. The molecule has 3 rings (SSSR count). The second-order valence-corrected chi connectivity index (χ2v) is 5.54. The lowest BCUT2D eigenvalue weighted by atomic mass is 10.2. The van der Waals surface area contributed by atoms with E-state index in [0.29, 0.717) is 18.1 Å². The summed E-state index contributed by atoms with van der Waals surface area (Å²) >= 11 is 0. The monoisotopic (exact) mass is 312 g/mol. The van der Waals surface area contributed by atoms with Gasteiger partial charge in [-0.25, -0.2) is 9.78 Å². The van der Waals surface area contributed by atoms with Gasteiger partial charge in [0.25, 0.3) is 0 Å². The van der Waals surface area contributed by atoms with Crippen molar-refractivity contribution in [3.63, 3.8) is 0 Å². The number of ether oxygens (including phenoxy) is 1. The molecule has 23 heavy (non-hydrogen) atoms. The van der Waals surface area contributed by atoms with Crippen LogP contribution in [0, 0.1) is 0 Å². The van der Waals surface area contributed by atoms with E-state index in [-0.39, 0.29) is 12.1 Å². The molecule has 6 nitrogen and oxygen atoms in total. The quantitative estimate of drug-likeness (QED) is 0.889. The number of nitrogens with one attached hydrogen (secondary N) is 2. The predicted octanol–water partition coefficient (Wildman–Crippen LogP) is 3.12. The fourth-order valence-corrected chi connectivity index (χ4v) is 2.61. The van der Waals surface area contributed by atoms with E-state index in [1.54, 1.807) is 30.7 Å². The van der Waals surface area contributed by atoms with E-state index in [1.165, 1.54) is 12.8 Å². The van der Waals surface area contributed by atoms with Gasteiger partial charge < -0.3 is 15.4 Å². The SMILES string of the molecule is O=C(NCc1cccnc1OC1CCCC1)Nc1ccncc1. The van der Waals surface area contributed by atoms with Crippen LogP contribution in [0.4, 0.5) is 10.5 Å². The molecule has 0 saturated heterocycles. The largest absolute Gasteiger partial charge is 0.474 e. The minimum absolute atomic E-state index is 0.245. The lowest BCUT2D eigenvalue weighted by Gasteiger charge is -2.15. The summed E-state index contributed by atoms with van der Waals surface area (Å²) in [5, 5.41) is 5.58. The van der Waals surface area contributed by atoms with E-state index in [1.807, 2.05) is 12.1 Å². The van der Waals surface area contributed by atoms with Gasteiger partial charge in [0.15, 0.2) is 0 Å². The maximum Gasteiger partial charge on any atom is 0.319 e. The Bertz CT molecular complexity index is 642. The summed E-state index contributed by atoms with van der Waals surface area (Å²) in [6.45, 7) is 0.368. The van der Waals surface area contributed by atoms with Gasteiger partial charge in [0.05, 0.1) is 0 Å². The van der Waals surface area contributed by atoms with Crippen LogP contribution in [0.15, 0.2) is 42.9 Å². The molecule has 1 fully saturated rings. The molecule has 2 N–H and O–H groups in total. The van der Waals surface area contributed by atoms with Crippen molar-refractivity contribution in [2.45, 2.75) is 38.3 Å². The number of hydrogen-bond acceptors (Lipinski definition) is 4. The zero-order chi connectivity index (χ0) is 15.9. The Balaban J connectivity index is 1.56. The molecule has 0 aromatic carbocycles. The van der Waals surface area contributed by atoms with Crippen molar-refractivity contribution in [1.82, 2.24) is 15.3 Å². The first kappa shape index (κ1) is 15.3. The normalized spacial score (nSPS) is 14.4. The number of rotatable bonds is 5. The maximum absolute atomic E-state index is 11.9. The molecule has 2 aromatic heterocycles. The van der Waals surface area contributed by atoms with Crippen molar-refractivity contribution in [3.8, 4) is 5.88 Å². The Morgan fingerprint density at radius 1 is 1.17 bits per heavy atom. The van der Waals surface area contributed by atoms with Gasteiger partial charge in [-0.2, -0.15) is 0 Å². The highest BCUT2D eigenvalue weighted by molar-refractivity contribution is 5.89. The molecule has 1 aliphatic rings. The van der Waals surface area contributed by atoms with Gasteiger partial charge >= 0.3 is 6.03 Å². The smallest absolute Gasteiger partial charge is 0.319 e. The van der Waals surface area contributed by atoms with Crippen molar-refractivity contribution in [1.29, 1.82) is 0 Å². The number of urea groups is 1. The van der Waals surface area contributed by atoms with Crippen LogP contribution >= 0.6 is 0 Å². The van der Waals surface area contributed by atoms with Gasteiger partial charge in [-0.3, -0.25) is 4.98 Å². The molecular formula is C17H20N4O2.